The highest BCUT2D eigenvalue weighted by molar-refractivity contribution is 5.60. The van der Waals surface area contributed by atoms with Crippen LogP contribution in [0.5, 0.6) is 0 Å². The zero-order chi connectivity index (χ0) is 9.84. The zero-order valence-corrected chi connectivity index (χ0v) is 7.70. The molecule has 0 saturated heterocycles. The van der Waals surface area contributed by atoms with Gasteiger partial charge >= 0.3 is 0 Å². The Hall–Kier alpha value is -1.80. The molecule has 2 nitrogen and oxygen atoms in total. The molecule has 0 fully saturated rings. The first-order valence-corrected chi connectivity index (χ1v) is 4.11. The highest BCUT2D eigenvalue weighted by Crippen LogP contribution is 2.29. The van der Waals surface area contributed by atoms with Gasteiger partial charge < -0.3 is 0 Å². The third kappa shape index (κ3) is 1.68. The lowest BCUT2D eigenvalue weighted by atomic mass is 9.96. The lowest BCUT2D eigenvalue weighted by Gasteiger charge is -2.09. The fourth-order valence-corrected chi connectivity index (χ4v) is 1.35. The zero-order valence-electron chi connectivity index (χ0n) is 7.70. The molecule has 0 spiro atoms. The molecule has 0 atom stereocenters. The Morgan fingerprint density at radius 2 is 2.15 bits per heavy atom. The number of hydrogen-bond donors (Lipinski definition) is 0. The molecular weight excluding hydrogens is 160 g/mol. The van der Waals surface area contributed by atoms with Crippen LogP contribution in [0.3, 0.4) is 0 Å². The van der Waals surface area contributed by atoms with Crippen LogP contribution < -0.4 is 0 Å². The summed E-state index contributed by atoms with van der Waals surface area (Å²) in [5.41, 5.74) is 2.07. The van der Waals surface area contributed by atoms with Gasteiger partial charge in [0.2, 0.25) is 0 Å². The van der Waals surface area contributed by atoms with E-state index in [0.29, 0.717) is 11.3 Å². The van der Waals surface area contributed by atoms with Gasteiger partial charge in [-0.2, -0.15) is 5.26 Å². The number of rotatable bonds is 1. The minimum absolute atomic E-state index is 0.222. The molecule has 0 N–H and O–H groups in total. The van der Waals surface area contributed by atoms with E-state index in [1.807, 2.05) is 13.8 Å². The van der Waals surface area contributed by atoms with Crippen molar-refractivity contribution in [3.05, 3.63) is 40.7 Å². The lowest BCUT2D eigenvalue weighted by molar-refractivity contribution is 0.867. The van der Waals surface area contributed by atoms with Crippen molar-refractivity contribution in [2.24, 2.45) is 0 Å². The summed E-state index contributed by atoms with van der Waals surface area (Å²) in [6.07, 6.45) is 0. The van der Waals surface area contributed by atoms with Crippen LogP contribution in [-0.4, -0.2) is 0 Å². The summed E-state index contributed by atoms with van der Waals surface area (Å²) in [6.45, 7) is 10.9. The maximum Gasteiger partial charge on any atom is 0.191 e. The maximum absolute atomic E-state index is 8.83. The first-order valence-electron chi connectivity index (χ1n) is 4.11. The number of nitriles is 1. The van der Waals surface area contributed by atoms with Crippen molar-refractivity contribution in [1.82, 2.24) is 0 Å². The summed E-state index contributed by atoms with van der Waals surface area (Å²) >= 11 is 0. The van der Waals surface area contributed by atoms with Crippen LogP contribution in [0, 0.1) is 17.9 Å². The predicted molar refractivity (Wildman–Crippen MR) is 51.5 cm³/mol. The summed E-state index contributed by atoms with van der Waals surface area (Å²) in [5.74, 6) is 0.222. The summed E-state index contributed by atoms with van der Waals surface area (Å²) < 4.78 is 0. The summed E-state index contributed by atoms with van der Waals surface area (Å²) in [4.78, 5) is 3.40. The Balaban J connectivity index is 3.43. The van der Waals surface area contributed by atoms with Crippen LogP contribution in [0.1, 0.15) is 30.9 Å². The van der Waals surface area contributed by atoms with Gasteiger partial charge in [-0.15, -0.1) is 0 Å². The molecule has 1 aromatic rings. The fraction of sp³-hybridized carbons (Fsp3) is 0.273. The lowest BCUT2D eigenvalue weighted by Crippen LogP contribution is -1.92. The van der Waals surface area contributed by atoms with E-state index in [1.54, 1.807) is 18.2 Å². The molecule has 0 aliphatic heterocycles. The van der Waals surface area contributed by atoms with Gasteiger partial charge in [0.05, 0.1) is 12.6 Å². The molecule has 0 radical (unpaired) electrons. The first kappa shape index (κ1) is 9.29. The minimum atomic E-state index is 0.222. The molecule has 0 bridgehead atoms. The third-order valence-electron chi connectivity index (χ3n) is 1.90. The number of hydrogen-bond acceptors (Lipinski definition) is 1. The monoisotopic (exact) mass is 170 g/mol. The van der Waals surface area contributed by atoms with Gasteiger partial charge in [0.25, 0.3) is 0 Å². The average Bonchev–Trinajstić information content (AvgIpc) is 2.16. The highest BCUT2D eigenvalue weighted by atomic mass is 14.6. The first-order chi connectivity index (χ1) is 6.20. The van der Waals surface area contributed by atoms with E-state index in [1.165, 1.54) is 0 Å². The molecule has 1 rings (SSSR count). The predicted octanol–water partition coefficient (Wildman–Crippen LogP) is 3.23. The molecule has 1 aromatic carbocycles. The van der Waals surface area contributed by atoms with Crippen LogP contribution in [0.2, 0.25) is 0 Å². The molecule has 0 aliphatic rings. The van der Waals surface area contributed by atoms with Crippen molar-refractivity contribution in [2.45, 2.75) is 19.8 Å². The van der Waals surface area contributed by atoms with Gasteiger partial charge in [-0.05, 0) is 17.5 Å². The number of benzene rings is 1. The van der Waals surface area contributed by atoms with Crippen molar-refractivity contribution in [2.75, 3.05) is 0 Å². The van der Waals surface area contributed by atoms with Gasteiger partial charge in [-0.3, -0.25) is 0 Å². The Kier molecular flexibility index (Phi) is 2.67. The van der Waals surface area contributed by atoms with E-state index < -0.39 is 0 Å². The van der Waals surface area contributed by atoms with E-state index in [2.05, 4.69) is 10.9 Å². The van der Waals surface area contributed by atoms with E-state index in [0.717, 1.165) is 5.56 Å². The van der Waals surface area contributed by atoms with E-state index in [9.17, 15) is 0 Å². The van der Waals surface area contributed by atoms with Gasteiger partial charge in [-0.1, -0.05) is 26.0 Å². The SMILES string of the molecule is [C-]#[N+]c1cccc(C#N)c1C(C)C. The van der Waals surface area contributed by atoms with Crippen molar-refractivity contribution in [3.63, 3.8) is 0 Å². The van der Waals surface area contributed by atoms with Crippen LogP contribution >= 0.6 is 0 Å². The van der Waals surface area contributed by atoms with Crippen molar-refractivity contribution >= 4 is 5.69 Å². The minimum Gasteiger partial charge on any atom is -0.238 e. The second-order valence-corrected chi connectivity index (χ2v) is 3.12. The second kappa shape index (κ2) is 3.74. The van der Waals surface area contributed by atoms with Crippen LogP contribution in [-0.2, 0) is 0 Å². The summed E-state index contributed by atoms with van der Waals surface area (Å²) in [5, 5.41) is 8.83. The van der Waals surface area contributed by atoms with Gasteiger partial charge in [-0.25, -0.2) is 4.85 Å². The Morgan fingerprint density at radius 3 is 2.62 bits per heavy atom. The normalized spacial score (nSPS) is 9.31. The van der Waals surface area contributed by atoms with E-state index in [4.69, 9.17) is 11.8 Å². The summed E-state index contributed by atoms with van der Waals surface area (Å²) in [7, 11) is 0. The van der Waals surface area contributed by atoms with Crippen LogP contribution in [0.4, 0.5) is 5.69 Å². The molecule has 2 heteroatoms. The topological polar surface area (TPSA) is 28.1 Å². The van der Waals surface area contributed by atoms with E-state index >= 15 is 0 Å². The molecule has 0 saturated carbocycles. The molecule has 0 aromatic heterocycles. The van der Waals surface area contributed by atoms with Gasteiger partial charge in [0, 0.05) is 5.56 Å². The quantitative estimate of drug-likeness (QED) is 0.594. The molecular formula is C11H10N2. The molecule has 0 unspecified atom stereocenters. The Bertz CT molecular complexity index is 359. The number of nitrogens with zero attached hydrogens (tertiary/aromatic N) is 2. The average molecular weight is 170 g/mol. The van der Waals surface area contributed by atoms with Crippen molar-refractivity contribution in [3.8, 4) is 6.07 Å². The Labute approximate surface area is 78.3 Å². The van der Waals surface area contributed by atoms with Crippen molar-refractivity contribution < 1.29 is 0 Å². The fourth-order valence-electron chi connectivity index (χ4n) is 1.35. The van der Waals surface area contributed by atoms with Gasteiger partial charge in [0.15, 0.2) is 5.69 Å². The summed E-state index contributed by atoms with van der Waals surface area (Å²) in [6, 6.07) is 7.36. The van der Waals surface area contributed by atoms with E-state index in [-0.39, 0.29) is 5.92 Å². The maximum atomic E-state index is 8.83. The molecule has 0 aliphatic carbocycles. The second-order valence-electron chi connectivity index (χ2n) is 3.12. The molecule has 0 amide bonds. The van der Waals surface area contributed by atoms with Crippen LogP contribution in [0.25, 0.3) is 4.85 Å². The third-order valence-corrected chi connectivity index (χ3v) is 1.90. The molecule has 13 heavy (non-hydrogen) atoms. The van der Waals surface area contributed by atoms with Gasteiger partial charge in [0.1, 0.15) is 0 Å². The van der Waals surface area contributed by atoms with Crippen molar-refractivity contribution in [1.29, 1.82) is 5.26 Å². The molecule has 0 heterocycles. The smallest absolute Gasteiger partial charge is 0.191 e. The largest absolute Gasteiger partial charge is 0.238 e. The molecule has 64 valence electrons. The van der Waals surface area contributed by atoms with Crippen LogP contribution in [0.15, 0.2) is 18.2 Å². The highest BCUT2D eigenvalue weighted by Gasteiger charge is 2.10. The Morgan fingerprint density at radius 1 is 1.46 bits per heavy atom. The standard InChI is InChI=1S/C11H10N2/c1-8(2)11-9(7-12)5-4-6-10(11)13-3/h4-6,8H,1-2H3.